The monoisotopic (exact) mass is 542 g/mol. The summed E-state index contributed by atoms with van der Waals surface area (Å²) < 4.78 is 21.8. The molecule has 5 atom stereocenters. The summed E-state index contributed by atoms with van der Waals surface area (Å²) in [6.07, 6.45) is -4.97. The first-order valence-corrected chi connectivity index (χ1v) is 12.1. The molecular formula is C28H30O11. The molecule has 2 aromatic rings. The normalized spacial score (nSPS) is 25.7. The smallest absolute Gasteiger partial charge is 0.331 e. The van der Waals surface area contributed by atoms with E-state index in [0.29, 0.717) is 11.1 Å². The molecule has 0 aromatic heterocycles. The van der Waals surface area contributed by atoms with Gasteiger partial charge in [0.05, 0.1) is 24.8 Å². The molecule has 4 N–H and O–H groups in total. The number of fused-ring (bicyclic) bond motifs is 2. The standard InChI is InChI=1S/C28H30O11/c1-12(2)6-21(32)39-26-20(38-14(4)29)11-37-27(25(26)34)28(35)16-7-13(3)8-18(30)22(16)24(33)23-17(28)9-15(36-5)10-19(23)31/h6-10,20,25-27,30-31,34-35H,11H2,1-5H3. The van der Waals surface area contributed by atoms with E-state index < -0.39 is 65.8 Å². The minimum absolute atomic E-state index is 0.0902. The van der Waals surface area contributed by atoms with Crippen molar-refractivity contribution in [3.05, 3.63) is 63.7 Å². The van der Waals surface area contributed by atoms with E-state index >= 15 is 0 Å². The maximum absolute atomic E-state index is 13.5. The van der Waals surface area contributed by atoms with E-state index in [-0.39, 0.29) is 28.0 Å². The summed E-state index contributed by atoms with van der Waals surface area (Å²) >= 11 is 0. The number of esters is 2. The number of rotatable bonds is 5. The second kappa shape index (κ2) is 10.3. The summed E-state index contributed by atoms with van der Waals surface area (Å²) in [4.78, 5) is 37.8. The first kappa shape index (κ1) is 28.1. The molecule has 5 unspecified atom stereocenters. The summed E-state index contributed by atoms with van der Waals surface area (Å²) in [5.74, 6) is -3.21. The van der Waals surface area contributed by atoms with Crippen molar-refractivity contribution in [3.8, 4) is 17.2 Å². The summed E-state index contributed by atoms with van der Waals surface area (Å²) in [7, 11) is 1.32. The number of phenols is 2. The van der Waals surface area contributed by atoms with Crippen LogP contribution in [0.5, 0.6) is 17.2 Å². The van der Waals surface area contributed by atoms with Gasteiger partial charge in [0.1, 0.15) is 35.1 Å². The van der Waals surface area contributed by atoms with Crippen LogP contribution in [0.4, 0.5) is 0 Å². The molecular weight excluding hydrogens is 512 g/mol. The van der Waals surface area contributed by atoms with Gasteiger partial charge in [-0.3, -0.25) is 9.59 Å². The summed E-state index contributed by atoms with van der Waals surface area (Å²) in [5.41, 5.74) is -2.19. The molecule has 4 rings (SSSR count). The zero-order chi connectivity index (χ0) is 28.8. The van der Waals surface area contributed by atoms with Crippen LogP contribution in [0.3, 0.4) is 0 Å². The Morgan fingerprint density at radius 1 is 1.03 bits per heavy atom. The van der Waals surface area contributed by atoms with Gasteiger partial charge in [0.2, 0.25) is 5.78 Å². The van der Waals surface area contributed by atoms with Crippen molar-refractivity contribution in [1.29, 1.82) is 0 Å². The van der Waals surface area contributed by atoms with Gasteiger partial charge in [0.25, 0.3) is 0 Å². The van der Waals surface area contributed by atoms with Crippen LogP contribution in [-0.2, 0) is 29.4 Å². The highest BCUT2D eigenvalue weighted by Crippen LogP contribution is 2.51. The van der Waals surface area contributed by atoms with Crippen LogP contribution in [0, 0.1) is 6.92 Å². The third-order valence-corrected chi connectivity index (χ3v) is 6.71. The molecule has 0 saturated carbocycles. The van der Waals surface area contributed by atoms with E-state index in [9.17, 15) is 34.8 Å². The van der Waals surface area contributed by atoms with Gasteiger partial charge in [-0.1, -0.05) is 11.6 Å². The summed E-state index contributed by atoms with van der Waals surface area (Å²) in [6.45, 7) is 5.70. The van der Waals surface area contributed by atoms with E-state index in [1.54, 1.807) is 20.8 Å². The number of allylic oxidation sites excluding steroid dienone is 1. The SMILES string of the molecule is COc1cc(O)c2c(c1)C(O)(C1OCC(OC(C)=O)C(OC(=O)C=C(C)C)C1O)c1cc(C)cc(O)c1C2=O. The van der Waals surface area contributed by atoms with Crippen molar-refractivity contribution >= 4 is 17.7 Å². The molecule has 2 aromatic carbocycles. The summed E-state index contributed by atoms with van der Waals surface area (Å²) in [5, 5.41) is 45.5. The number of phenolic OH excluding ortho intramolecular Hbond substituents is 2. The molecule has 1 aliphatic heterocycles. The number of aliphatic hydroxyl groups excluding tert-OH is 1. The highest BCUT2D eigenvalue weighted by atomic mass is 16.6. The van der Waals surface area contributed by atoms with E-state index in [0.717, 1.165) is 6.92 Å². The highest BCUT2D eigenvalue weighted by molar-refractivity contribution is 6.16. The molecule has 0 bridgehead atoms. The molecule has 1 fully saturated rings. The van der Waals surface area contributed by atoms with Gasteiger partial charge in [0.15, 0.2) is 12.2 Å². The van der Waals surface area contributed by atoms with E-state index in [1.807, 2.05) is 0 Å². The number of aryl methyl sites for hydroxylation is 1. The lowest BCUT2D eigenvalue weighted by atomic mass is 9.68. The van der Waals surface area contributed by atoms with Crippen LogP contribution in [0.2, 0.25) is 0 Å². The van der Waals surface area contributed by atoms with Crippen molar-refractivity contribution < 1.29 is 53.8 Å². The Kier molecular flexibility index (Phi) is 7.44. The van der Waals surface area contributed by atoms with Gasteiger partial charge in [-0.25, -0.2) is 4.79 Å². The third-order valence-electron chi connectivity index (χ3n) is 6.71. The van der Waals surface area contributed by atoms with Gasteiger partial charge in [-0.05, 0) is 38.5 Å². The minimum Gasteiger partial charge on any atom is -0.507 e. The molecule has 0 radical (unpaired) electrons. The maximum Gasteiger partial charge on any atom is 0.331 e. The van der Waals surface area contributed by atoms with Crippen LogP contribution in [-0.4, -0.2) is 76.3 Å². The third kappa shape index (κ3) is 4.84. The zero-order valence-electron chi connectivity index (χ0n) is 22.0. The van der Waals surface area contributed by atoms with Gasteiger partial charge in [0, 0.05) is 30.2 Å². The Bertz CT molecular complexity index is 1370. The van der Waals surface area contributed by atoms with Crippen LogP contribution in [0.1, 0.15) is 53.4 Å². The first-order chi connectivity index (χ1) is 18.3. The molecule has 2 aliphatic rings. The second-order valence-electron chi connectivity index (χ2n) is 9.89. The quantitative estimate of drug-likeness (QED) is 0.321. The predicted molar refractivity (Wildman–Crippen MR) is 135 cm³/mol. The van der Waals surface area contributed by atoms with Gasteiger partial charge in [-0.2, -0.15) is 0 Å². The lowest BCUT2D eigenvalue weighted by molar-refractivity contribution is -0.243. The number of carbonyl (C=O) groups excluding carboxylic acids is 3. The predicted octanol–water partition coefficient (Wildman–Crippen LogP) is 1.76. The molecule has 208 valence electrons. The van der Waals surface area contributed by atoms with E-state index in [1.165, 1.54) is 37.5 Å². The molecule has 1 heterocycles. The van der Waals surface area contributed by atoms with Gasteiger partial charge in [-0.15, -0.1) is 0 Å². The lowest BCUT2D eigenvalue weighted by Crippen LogP contribution is -2.63. The molecule has 0 spiro atoms. The maximum atomic E-state index is 13.5. The Balaban J connectivity index is 1.94. The Hall–Kier alpha value is -3.93. The van der Waals surface area contributed by atoms with Crippen molar-refractivity contribution in [2.45, 2.75) is 57.7 Å². The molecule has 0 amide bonds. The Morgan fingerprint density at radius 3 is 2.23 bits per heavy atom. The fourth-order valence-corrected chi connectivity index (χ4v) is 5.16. The first-order valence-electron chi connectivity index (χ1n) is 12.1. The Morgan fingerprint density at radius 2 is 1.64 bits per heavy atom. The average molecular weight is 543 g/mol. The number of hydrogen-bond donors (Lipinski definition) is 4. The van der Waals surface area contributed by atoms with E-state index in [2.05, 4.69) is 0 Å². The zero-order valence-corrected chi connectivity index (χ0v) is 22.0. The number of methoxy groups -OCH3 is 1. The average Bonchev–Trinajstić information content (AvgIpc) is 2.83. The number of benzene rings is 2. The van der Waals surface area contributed by atoms with Crippen molar-refractivity contribution in [1.82, 2.24) is 0 Å². The van der Waals surface area contributed by atoms with Crippen molar-refractivity contribution in [3.63, 3.8) is 0 Å². The molecule has 11 nitrogen and oxygen atoms in total. The van der Waals surface area contributed by atoms with Crippen LogP contribution < -0.4 is 4.74 Å². The largest absolute Gasteiger partial charge is 0.507 e. The highest BCUT2D eigenvalue weighted by Gasteiger charge is 2.58. The van der Waals surface area contributed by atoms with Gasteiger partial charge < -0.3 is 39.4 Å². The number of carbonyl (C=O) groups is 3. The number of hydrogen-bond acceptors (Lipinski definition) is 11. The Labute approximate surface area is 224 Å². The summed E-state index contributed by atoms with van der Waals surface area (Å²) in [6, 6.07) is 5.26. The second-order valence-corrected chi connectivity index (χ2v) is 9.89. The number of aliphatic hydroxyl groups is 2. The molecule has 1 aliphatic carbocycles. The topological polar surface area (TPSA) is 169 Å². The number of aromatic hydroxyl groups is 2. The molecule has 1 saturated heterocycles. The van der Waals surface area contributed by atoms with Crippen molar-refractivity contribution in [2.24, 2.45) is 0 Å². The van der Waals surface area contributed by atoms with Gasteiger partial charge >= 0.3 is 11.9 Å². The molecule has 11 heteroatoms. The van der Waals surface area contributed by atoms with E-state index in [4.69, 9.17) is 18.9 Å². The number of ether oxygens (including phenoxy) is 4. The van der Waals surface area contributed by atoms with Crippen LogP contribution in [0.15, 0.2) is 35.9 Å². The van der Waals surface area contributed by atoms with Crippen LogP contribution in [0.25, 0.3) is 0 Å². The van der Waals surface area contributed by atoms with Crippen LogP contribution >= 0.6 is 0 Å². The fourth-order valence-electron chi connectivity index (χ4n) is 5.16. The number of ketones is 1. The fraction of sp³-hybridized carbons (Fsp3) is 0.393. The minimum atomic E-state index is -2.38. The molecule has 39 heavy (non-hydrogen) atoms. The van der Waals surface area contributed by atoms with Crippen molar-refractivity contribution in [2.75, 3.05) is 13.7 Å². The lowest BCUT2D eigenvalue weighted by Gasteiger charge is -2.48.